The first-order chi connectivity index (χ1) is 13.1. The number of benzene rings is 1. The number of rotatable bonds is 3. The third-order valence-electron chi connectivity index (χ3n) is 4.33. The van der Waals surface area contributed by atoms with E-state index in [0.717, 1.165) is 10.4 Å². The van der Waals surface area contributed by atoms with Crippen LogP contribution in [0.3, 0.4) is 0 Å². The molecule has 1 aromatic carbocycles. The van der Waals surface area contributed by atoms with Crippen molar-refractivity contribution < 1.29 is 9.53 Å². The highest BCUT2D eigenvalue weighted by atomic mass is 35.5. The first kappa shape index (κ1) is 17.9. The zero-order valence-electron chi connectivity index (χ0n) is 14.4. The highest BCUT2D eigenvalue weighted by Crippen LogP contribution is 2.33. The van der Waals surface area contributed by atoms with E-state index in [1.807, 2.05) is 30.3 Å². The van der Waals surface area contributed by atoms with Crippen molar-refractivity contribution in [3.63, 3.8) is 0 Å². The topological polar surface area (TPSA) is 81.3 Å². The highest BCUT2D eigenvalue weighted by molar-refractivity contribution is 7.19. The lowest BCUT2D eigenvalue weighted by atomic mass is 10.1. The molecule has 0 saturated carbocycles. The normalized spacial score (nSPS) is 14.3. The Balaban J connectivity index is 1.59. The van der Waals surface area contributed by atoms with Crippen LogP contribution in [-0.4, -0.2) is 47.1 Å². The van der Waals surface area contributed by atoms with E-state index in [4.69, 9.17) is 22.1 Å². The number of nitrogens with two attached hydrogens (primary N) is 1. The number of aromatic nitrogens is 2. The lowest BCUT2D eigenvalue weighted by molar-refractivity contribution is 0.0303. The lowest BCUT2D eigenvalue weighted by Crippen LogP contribution is -2.40. The molecule has 0 aliphatic carbocycles. The number of carbonyl (C=O) groups excluding carboxylic acids is 1. The number of hydrogen-bond acceptors (Lipinski definition) is 6. The second-order valence-electron chi connectivity index (χ2n) is 6.07. The molecule has 0 spiro atoms. The standard InChI is InChI=1S/C19H17ClN4O2S/c20-16-6-5-15(27-16)17-18(21)22-11-14(23-17)12-1-3-13(4-2-12)19(25)24-7-9-26-10-8-24/h1-6,11H,7-10H2,(H2,21,22). The Hall–Kier alpha value is -2.48. The summed E-state index contributed by atoms with van der Waals surface area (Å²) in [6.07, 6.45) is 1.63. The number of carbonyl (C=O) groups is 1. The Morgan fingerprint density at radius 1 is 1.15 bits per heavy atom. The summed E-state index contributed by atoms with van der Waals surface area (Å²) >= 11 is 7.42. The van der Waals surface area contributed by atoms with Crippen LogP contribution in [0, 0.1) is 0 Å². The Morgan fingerprint density at radius 3 is 2.56 bits per heavy atom. The summed E-state index contributed by atoms with van der Waals surface area (Å²) in [5.74, 6) is 0.374. The molecule has 1 aliphatic rings. The van der Waals surface area contributed by atoms with Crippen LogP contribution in [0.4, 0.5) is 5.82 Å². The number of hydrogen-bond donors (Lipinski definition) is 1. The maximum atomic E-state index is 12.5. The summed E-state index contributed by atoms with van der Waals surface area (Å²) in [4.78, 5) is 24.1. The van der Waals surface area contributed by atoms with Gasteiger partial charge in [0.25, 0.3) is 5.91 Å². The van der Waals surface area contributed by atoms with Crippen LogP contribution in [0.2, 0.25) is 4.34 Å². The van der Waals surface area contributed by atoms with Gasteiger partial charge in [0.15, 0.2) is 5.82 Å². The maximum Gasteiger partial charge on any atom is 0.254 e. The van der Waals surface area contributed by atoms with Crippen molar-refractivity contribution in [2.75, 3.05) is 32.0 Å². The molecule has 27 heavy (non-hydrogen) atoms. The minimum atomic E-state index is 0.0159. The van der Waals surface area contributed by atoms with Gasteiger partial charge in [0, 0.05) is 24.2 Å². The summed E-state index contributed by atoms with van der Waals surface area (Å²) in [5, 5.41) is 0. The molecule has 138 valence electrons. The van der Waals surface area contributed by atoms with Gasteiger partial charge < -0.3 is 15.4 Å². The molecule has 0 atom stereocenters. The molecule has 6 nitrogen and oxygen atoms in total. The summed E-state index contributed by atoms with van der Waals surface area (Å²) < 4.78 is 5.96. The van der Waals surface area contributed by atoms with Gasteiger partial charge >= 0.3 is 0 Å². The molecule has 0 bridgehead atoms. The Labute approximate surface area is 165 Å². The Kier molecular flexibility index (Phi) is 5.07. The van der Waals surface area contributed by atoms with Gasteiger partial charge in [-0.3, -0.25) is 4.79 Å². The number of amides is 1. The van der Waals surface area contributed by atoms with E-state index in [1.54, 1.807) is 17.2 Å². The smallest absolute Gasteiger partial charge is 0.254 e. The van der Waals surface area contributed by atoms with Gasteiger partial charge in [0.1, 0.15) is 5.69 Å². The molecule has 2 N–H and O–H groups in total. The van der Waals surface area contributed by atoms with Crippen molar-refractivity contribution >= 4 is 34.7 Å². The van der Waals surface area contributed by atoms with Gasteiger partial charge in [-0.15, -0.1) is 11.3 Å². The molecule has 0 unspecified atom stereocenters. The van der Waals surface area contributed by atoms with E-state index >= 15 is 0 Å². The average Bonchev–Trinajstić information content (AvgIpc) is 3.15. The van der Waals surface area contributed by atoms with Gasteiger partial charge in [-0.05, 0) is 24.3 Å². The number of anilines is 1. The van der Waals surface area contributed by atoms with Gasteiger partial charge in [0.05, 0.1) is 34.3 Å². The fourth-order valence-corrected chi connectivity index (χ4v) is 3.93. The first-order valence-corrected chi connectivity index (χ1v) is 9.67. The molecule has 4 rings (SSSR count). The van der Waals surface area contributed by atoms with Crippen LogP contribution in [0.15, 0.2) is 42.6 Å². The van der Waals surface area contributed by atoms with E-state index in [1.165, 1.54) is 11.3 Å². The van der Waals surface area contributed by atoms with Crippen LogP contribution >= 0.6 is 22.9 Å². The number of ether oxygens (including phenoxy) is 1. The molecule has 3 heterocycles. The fourth-order valence-electron chi connectivity index (χ4n) is 2.89. The van der Waals surface area contributed by atoms with E-state index in [-0.39, 0.29) is 5.91 Å². The summed E-state index contributed by atoms with van der Waals surface area (Å²) in [6, 6.07) is 11.1. The second-order valence-corrected chi connectivity index (χ2v) is 7.79. The average molecular weight is 401 g/mol. The lowest BCUT2D eigenvalue weighted by Gasteiger charge is -2.26. The quantitative estimate of drug-likeness (QED) is 0.726. The molecule has 0 radical (unpaired) electrons. The summed E-state index contributed by atoms with van der Waals surface area (Å²) in [6.45, 7) is 2.41. The van der Waals surface area contributed by atoms with Crippen LogP contribution in [-0.2, 0) is 4.74 Å². The monoisotopic (exact) mass is 400 g/mol. The number of morpholine rings is 1. The van der Waals surface area contributed by atoms with Crippen LogP contribution in [0.5, 0.6) is 0 Å². The van der Waals surface area contributed by atoms with E-state index in [2.05, 4.69) is 9.97 Å². The highest BCUT2D eigenvalue weighted by Gasteiger charge is 2.18. The van der Waals surface area contributed by atoms with Gasteiger partial charge in [-0.2, -0.15) is 0 Å². The van der Waals surface area contributed by atoms with Gasteiger partial charge in [0.2, 0.25) is 0 Å². The van der Waals surface area contributed by atoms with Crippen molar-refractivity contribution in [2.45, 2.75) is 0 Å². The fraction of sp³-hybridized carbons (Fsp3) is 0.211. The zero-order valence-corrected chi connectivity index (χ0v) is 16.0. The predicted octanol–water partition coefficient (Wildman–Crippen LogP) is 3.58. The molecular weight excluding hydrogens is 384 g/mol. The maximum absolute atomic E-state index is 12.5. The zero-order chi connectivity index (χ0) is 18.8. The van der Waals surface area contributed by atoms with Crippen LogP contribution in [0.1, 0.15) is 10.4 Å². The van der Waals surface area contributed by atoms with Crippen LogP contribution in [0.25, 0.3) is 21.8 Å². The van der Waals surface area contributed by atoms with Gasteiger partial charge in [-0.25, -0.2) is 9.97 Å². The van der Waals surface area contributed by atoms with Crippen molar-refractivity contribution in [2.24, 2.45) is 0 Å². The van der Waals surface area contributed by atoms with E-state index < -0.39 is 0 Å². The van der Waals surface area contributed by atoms with E-state index in [0.29, 0.717) is 53.4 Å². The molecule has 1 amide bonds. The van der Waals surface area contributed by atoms with Crippen LogP contribution < -0.4 is 5.73 Å². The number of nitrogen functional groups attached to an aromatic ring is 1. The van der Waals surface area contributed by atoms with Crippen molar-refractivity contribution in [3.05, 3.63) is 52.5 Å². The number of thiophene rings is 1. The van der Waals surface area contributed by atoms with Crippen molar-refractivity contribution in [1.29, 1.82) is 0 Å². The number of halogens is 1. The summed E-state index contributed by atoms with van der Waals surface area (Å²) in [5.41, 5.74) is 8.80. The third-order valence-corrected chi connectivity index (χ3v) is 5.57. The molecule has 2 aromatic heterocycles. The molecule has 1 saturated heterocycles. The van der Waals surface area contributed by atoms with E-state index in [9.17, 15) is 4.79 Å². The Morgan fingerprint density at radius 2 is 1.89 bits per heavy atom. The first-order valence-electron chi connectivity index (χ1n) is 8.47. The third kappa shape index (κ3) is 3.80. The number of nitrogens with zero attached hydrogens (tertiary/aromatic N) is 3. The molecule has 8 heteroatoms. The second kappa shape index (κ2) is 7.64. The summed E-state index contributed by atoms with van der Waals surface area (Å²) in [7, 11) is 0. The Bertz CT molecular complexity index is 968. The minimum Gasteiger partial charge on any atom is -0.382 e. The molecule has 1 aliphatic heterocycles. The van der Waals surface area contributed by atoms with Crippen molar-refractivity contribution in [1.82, 2.24) is 14.9 Å². The SMILES string of the molecule is Nc1ncc(-c2ccc(C(=O)N3CCOCC3)cc2)nc1-c1ccc(Cl)s1. The van der Waals surface area contributed by atoms with Crippen molar-refractivity contribution in [3.8, 4) is 21.8 Å². The minimum absolute atomic E-state index is 0.0159. The molecule has 1 fully saturated rings. The predicted molar refractivity (Wildman–Crippen MR) is 107 cm³/mol. The molecular formula is C19H17ClN4O2S. The van der Waals surface area contributed by atoms with Gasteiger partial charge in [-0.1, -0.05) is 23.7 Å². The largest absolute Gasteiger partial charge is 0.382 e. The molecule has 3 aromatic rings.